The van der Waals surface area contributed by atoms with E-state index >= 15 is 0 Å². The molecule has 3 nitrogen and oxygen atoms in total. The maximum Gasteiger partial charge on any atom is 0.177 e. The van der Waals surface area contributed by atoms with Crippen LogP contribution in [-0.2, 0) is 0 Å². The van der Waals surface area contributed by atoms with Crippen LogP contribution < -0.4 is 5.43 Å². The molecule has 1 aliphatic heterocycles. The standard InChI is InChI=1S/C16H19F2N3S/c1-10-4-2-3-5-14(10)19-16-21-20-15(9-22-16)11-6-7-12(17)13(18)8-11/h6-8,10,14H,2-5,9H2,1H3,(H,19,21)/t10-,14-/m1/s1. The molecular formula is C16H19F2N3S. The maximum atomic E-state index is 13.3. The van der Waals surface area contributed by atoms with E-state index in [4.69, 9.17) is 4.99 Å². The number of nitrogens with one attached hydrogen (secondary N) is 1. The largest absolute Gasteiger partial charge is 0.258 e. The SMILES string of the molecule is C[C@@H]1CCCC[C@H]1N=C1NN=C(c2ccc(F)c(F)c2)CS1. The number of thioether (sulfide) groups is 1. The highest BCUT2D eigenvalue weighted by Crippen LogP contribution is 2.27. The van der Waals surface area contributed by atoms with Crippen LogP contribution in [0, 0.1) is 17.6 Å². The second kappa shape index (κ2) is 6.77. The number of nitrogens with zero attached hydrogens (tertiary/aromatic N) is 2. The monoisotopic (exact) mass is 323 g/mol. The van der Waals surface area contributed by atoms with Crippen LogP contribution in [0.15, 0.2) is 28.3 Å². The van der Waals surface area contributed by atoms with Crippen molar-refractivity contribution in [3.05, 3.63) is 35.4 Å². The summed E-state index contributed by atoms with van der Waals surface area (Å²) in [6.07, 6.45) is 4.89. The molecule has 1 N–H and O–H groups in total. The number of aliphatic imine (C=N–C) groups is 1. The fraction of sp³-hybridized carbons (Fsp3) is 0.500. The summed E-state index contributed by atoms with van der Waals surface area (Å²) in [5, 5.41) is 5.09. The molecule has 1 saturated carbocycles. The summed E-state index contributed by atoms with van der Waals surface area (Å²) in [5.74, 6) is -0.465. The lowest BCUT2D eigenvalue weighted by Crippen LogP contribution is -2.29. The Morgan fingerprint density at radius 2 is 2.05 bits per heavy atom. The van der Waals surface area contributed by atoms with Gasteiger partial charge in [-0.2, -0.15) is 5.10 Å². The molecular weight excluding hydrogens is 304 g/mol. The molecule has 0 unspecified atom stereocenters. The highest BCUT2D eigenvalue weighted by molar-refractivity contribution is 8.14. The Bertz CT molecular complexity index is 615. The van der Waals surface area contributed by atoms with Crippen LogP contribution in [0.1, 0.15) is 38.2 Å². The van der Waals surface area contributed by atoms with Gasteiger partial charge in [0.2, 0.25) is 0 Å². The summed E-state index contributed by atoms with van der Waals surface area (Å²) in [4.78, 5) is 4.76. The van der Waals surface area contributed by atoms with Gasteiger partial charge >= 0.3 is 0 Å². The number of hydrazone groups is 1. The van der Waals surface area contributed by atoms with Gasteiger partial charge in [0.05, 0.1) is 11.8 Å². The molecule has 1 aliphatic carbocycles. The molecule has 3 rings (SSSR count). The molecule has 0 aromatic heterocycles. The zero-order valence-corrected chi connectivity index (χ0v) is 13.3. The number of benzene rings is 1. The fourth-order valence-corrected chi connectivity index (χ4v) is 3.67. The first-order valence-corrected chi connectivity index (χ1v) is 8.60. The van der Waals surface area contributed by atoms with Crippen molar-refractivity contribution < 1.29 is 8.78 Å². The van der Waals surface area contributed by atoms with Gasteiger partial charge in [0.1, 0.15) is 0 Å². The van der Waals surface area contributed by atoms with E-state index < -0.39 is 11.6 Å². The average molecular weight is 323 g/mol. The molecule has 22 heavy (non-hydrogen) atoms. The van der Waals surface area contributed by atoms with E-state index in [1.54, 1.807) is 17.8 Å². The maximum absolute atomic E-state index is 13.3. The summed E-state index contributed by atoms with van der Waals surface area (Å²) in [6.45, 7) is 2.25. The number of amidine groups is 1. The lowest BCUT2D eigenvalue weighted by atomic mass is 9.86. The van der Waals surface area contributed by atoms with E-state index in [1.165, 1.54) is 25.3 Å². The van der Waals surface area contributed by atoms with E-state index in [2.05, 4.69) is 17.5 Å². The Hall–Kier alpha value is -1.43. The van der Waals surface area contributed by atoms with Gasteiger partial charge in [-0.1, -0.05) is 31.5 Å². The second-order valence-corrected chi connectivity index (χ2v) is 6.82. The van der Waals surface area contributed by atoms with E-state index in [-0.39, 0.29) is 0 Å². The summed E-state index contributed by atoms with van der Waals surface area (Å²) in [7, 11) is 0. The van der Waals surface area contributed by atoms with Crippen molar-refractivity contribution >= 4 is 22.6 Å². The van der Waals surface area contributed by atoms with Crippen LogP contribution in [-0.4, -0.2) is 22.7 Å². The molecule has 118 valence electrons. The number of halogens is 2. The van der Waals surface area contributed by atoms with Crippen LogP contribution >= 0.6 is 11.8 Å². The Kier molecular flexibility index (Phi) is 4.76. The smallest absolute Gasteiger partial charge is 0.177 e. The van der Waals surface area contributed by atoms with Gasteiger partial charge in [-0.05, 0) is 37.0 Å². The van der Waals surface area contributed by atoms with E-state index in [0.29, 0.717) is 29.0 Å². The van der Waals surface area contributed by atoms with Crippen molar-refractivity contribution in [3.63, 3.8) is 0 Å². The Labute approximate surface area is 133 Å². The molecule has 0 amide bonds. The van der Waals surface area contributed by atoms with Crippen molar-refractivity contribution in [2.75, 3.05) is 5.75 Å². The lowest BCUT2D eigenvalue weighted by Gasteiger charge is -2.26. The summed E-state index contributed by atoms with van der Waals surface area (Å²) >= 11 is 1.56. The predicted molar refractivity (Wildman–Crippen MR) is 87.3 cm³/mol. The van der Waals surface area contributed by atoms with Crippen LogP contribution in [0.2, 0.25) is 0 Å². The molecule has 2 atom stereocenters. The van der Waals surface area contributed by atoms with Gasteiger partial charge in [0.25, 0.3) is 0 Å². The van der Waals surface area contributed by atoms with Crippen molar-refractivity contribution in [1.29, 1.82) is 0 Å². The number of rotatable bonds is 2. The van der Waals surface area contributed by atoms with Crippen LogP contribution in [0.5, 0.6) is 0 Å². The number of hydrogen-bond acceptors (Lipinski definition) is 3. The molecule has 0 saturated heterocycles. The molecule has 0 spiro atoms. The Morgan fingerprint density at radius 1 is 1.23 bits per heavy atom. The second-order valence-electron chi connectivity index (χ2n) is 5.85. The molecule has 1 heterocycles. The summed E-state index contributed by atoms with van der Waals surface area (Å²) in [5.41, 5.74) is 4.26. The third kappa shape index (κ3) is 3.48. The van der Waals surface area contributed by atoms with Gasteiger partial charge < -0.3 is 0 Å². The minimum absolute atomic E-state index is 0.365. The van der Waals surface area contributed by atoms with Crippen molar-refractivity contribution in [2.24, 2.45) is 16.0 Å². The minimum atomic E-state index is -0.847. The molecule has 1 aromatic carbocycles. The fourth-order valence-electron chi connectivity index (χ4n) is 2.85. The summed E-state index contributed by atoms with van der Waals surface area (Å²) < 4.78 is 26.3. The quantitative estimate of drug-likeness (QED) is 0.895. The minimum Gasteiger partial charge on any atom is -0.258 e. The summed E-state index contributed by atoms with van der Waals surface area (Å²) in [6, 6.07) is 4.22. The normalized spacial score (nSPS) is 27.4. The average Bonchev–Trinajstić information content (AvgIpc) is 2.53. The van der Waals surface area contributed by atoms with Gasteiger partial charge in [-0.3, -0.25) is 10.4 Å². The van der Waals surface area contributed by atoms with E-state index in [0.717, 1.165) is 17.7 Å². The van der Waals surface area contributed by atoms with Crippen molar-refractivity contribution in [3.8, 4) is 0 Å². The van der Waals surface area contributed by atoms with Crippen LogP contribution in [0.3, 0.4) is 0 Å². The molecule has 2 aliphatic rings. The molecule has 0 bridgehead atoms. The molecule has 6 heteroatoms. The first-order chi connectivity index (χ1) is 10.6. The van der Waals surface area contributed by atoms with E-state index in [9.17, 15) is 8.78 Å². The highest BCUT2D eigenvalue weighted by Gasteiger charge is 2.22. The first kappa shape index (κ1) is 15.5. The Balaban J connectivity index is 1.70. The first-order valence-electron chi connectivity index (χ1n) is 7.62. The van der Waals surface area contributed by atoms with Gasteiger partial charge in [-0.15, -0.1) is 0 Å². The zero-order chi connectivity index (χ0) is 15.5. The zero-order valence-electron chi connectivity index (χ0n) is 12.5. The molecule has 1 aromatic rings. The van der Waals surface area contributed by atoms with Crippen molar-refractivity contribution in [2.45, 2.75) is 38.6 Å². The van der Waals surface area contributed by atoms with Gasteiger partial charge in [0.15, 0.2) is 16.8 Å². The van der Waals surface area contributed by atoms with Crippen molar-refractivity contribution in [1.82, 2.24) is 5.43 Å². The molecule has 0 radical (unpaired) electrons. The van der Waals surface area contributed by atoms with Gasteiger partial charge in [0, 0.05) is 11.3 Å². The number of hydrogen-bond donors (Lipinski definition) is 1. The third-order valence-corrected chi connectivity index (χ3v) is 5.12. The van der Waals surface area contributed by atoms with Gasteiger partial charge in [-0.25, -0.2) is 8.78 Å². The third-order valence-electron chi connectivity index (χ3n) is 4.23. The van der Waals surface area contributed by atoms with E-state index in [1.807, 2.05) is 0 Å². The Morgan fingerprint density at radius 3 is 2.73 bits per heavy atom. The molecule has 1 fully saturated rings. The topological polar surface area (TPSA) is 36.8 Å². The highest BCUT2D eigenvalue weighted by atomic mass is 32.2. The van der Waals surface area contributed by atoms with Crippen LogP contribution in [0.4, 0.5) is 8.78 Å². The lowest BCUT2D eigenvalue weighted by molar-refractivity contribution is 0.333. The predicted octanol–water partition coefficient (Wildman–Crippen LogP) is 3.94. The van der Waals surface area contributed by atoms with Crippen LogP contribution in [0.25, 0.3) is 0 Å².